The number of hydrogen-bond acceptors (Lipinski definition) is 4. The molecule has 0 aliphatic rings. The number of fused-ring (bicyclic) bond motifs is 1. The number of aromatic nitrogens is 5. The van der Waals surface area contributed by atoms with E-state index in [1.54, 1.807) is 24.5 Å². The Morgan fingerprint density at radius 1 is 0.852 bits per heavy atom. The lowest BCUT2D eigenvalue weighted by atomic mass is 10.1. The third-order valence-corrected chi connectivity index (χ3v) is 4.53. The van der Waals surface area contributed by atoms with Crippen molar-refractivity contribution < 1.29 is 5.11 Å². The van der Waals surface area contributed by atoms with Crippen LogP contribution in [0.5, 0.6) is 5.75 Å². The molecule has 0 saturated carbocycles. The fourth-order valence-electron chi connectivity index (χ4n) is 3.15. The van der Waals surface area contributed by atoms with Gasteiger partial charge in [-0.25, -0.2) is 4.98 Å². The third kappa shape index (κ3) is 2.73. The summed E-state index contributed by atoms with van der Waals surface area (Å²) >= 11 is 0. The van der Waals surface area contributed by atoms with Gasteiger partial charge in [-0.2, -0.15) is 5.10 Å². The van der Waals surface area contributed by atoms with Gasteiger partial charge in [-0.1, -0.05) is 18.2 Å². The second kappa shape index (κ2) is 6.10. The summed E-state index contributed by atoms with van der Waals surface area (Å²) in [4.78, 5) is 9.01. The number of imidazole rings is 1. The van der Waals surface area contributed by atoms with Gasteiger partial charge >= 0.3 is 0 Å². The van der Waals surface area contributed by atoms with E-state index in [-0.39, 0.29) is 5.75 Å². The Morgan fingerprint density at radius 2 is 1.70 bits per heavy atom. The van der Waals surface area contributed by atoms with Gasteiger partial charge in [0, 0.05) is 29.1 Å². The van der Waals surface area contributed by atoms with Crippen molar-refractivity contribution in [2.24, 2.45) is 0 Å². The summed E-state index contributed by atoms with van der Waals surface area (Å²) in [5, 5.41) is 16.5. The average Bonchev–Trinajstić information content (AvgIpc) is 3.38. The monoisotopic (exact) mass is 353 g/mol. The Hall–Kier alpha value is -3.93. The average molecular weight is 353 g/mol. The molecule has 0 aliphatic carbocycles. The predicted octanol–water partition coefficient (Wildman–Crippen LogP) is 4.16. The number of aromatic amines is 1. The van der Waals surface area contributed by atoms with Gasteiger partial charge in [-0.3, -0.25) is 14.5 Å². The van der Waals surface area contributed by atoms with Gasteiger partial charge in [0.25, 0.3) is 0 Å². The lowest BCUT2D eigenvalue weighted by Crippen LogP contribution is -1.93. The SMILES string of the molecule is Oc1ccc(-c2cnc3cnc(-c4cccc(-c5ccn[nH]5)c4)cn23)cc1. The van der Waals surface area contributed by atoms with E-state index in [9.17, 15) is 5.11 Å². The molecule has 2 N–H and O–H groups in total. The van der Waals surface area contributed by atoms with Crippen LogP contribution in [0.2, 0.25) is 0 Å². The molecule has 0 unspecified atom stereocenters. The molecule has 2 aromatic carbocycles. The Kier molecular flexibility index (Phi) is 3.47. The summed E-state index contributed by atoms with van der Waals surface area (Å²) < 4.78 is 2.01. The summed E-state index contributed by atoms with van der Waals surface area (Å²) in [5.41, 5.74) is 6.56. The van der Waals surface area contributed by atoms with Crippen molar-refractivity contribution in [2.75, 3.05) is 0 Å². The number of nitrogens with one attached hydrogen (secondary N) is 1. The Labute approximate surface area is 154 Å². The van der Waals surface area contributed by atoms with E-state index in [1.807, 2.05) is 53.2 Å². The van der Waals surface area contributed by atoms with Crippen molar-refractivity contribution in [1.29, 1.82) is 0 Å². The number of hydrogen-bond donors (Lipinski definition) is 2. The zero-order valence-corrected chi connectivity index (χ0v) is 14.2. The molecule has 3 aromatic heterocycles. The van der Waals surface area contributed by atoms with Gasteiger partial charge in [-0.15, -0.1) is 0 Å². The molecular formula is C21H15N5O. The van der Waals surface area contributed by atoms with E-state index in [1.165, 1.54) is 0 Å². The number of nitrogens with zero attached hydrogens (tertiary/aromatic N) is 4. The summed E-state index contributed by atoms with van der Waals surface area (Å²) in [6.45, 7) is 0. The van der Waals surface area contributed by atoms with E-state index in [2.05, 4.69) is 26.2 Å². The molecule has 0 radical (unpaired) electrons. The second-order valence-corrected chi connectivity index (χ2v) is 6.24. The molecule has 0 spiro atoms. The zero-order valence-electron chi connectivity index (χ0n) is 14.2. The standard InChI is InChI=1S/C21H15N5O/c27-17-6-4-14(5-7-17)20-11-23-21-12-22-19(13-26(20)21)16-3-1-2-15(10-16)18-8-9-24-25-18/h1-13,27H,(H,24,25). The molecule has 0 fully saturated rings. The largest absolute Gasteiger partial charge is 0.508 e. The first kappa shape index (κ1) is 15.3. The highest BCUT2D eigenvalue weighted by Crippen LogP contribution is 2.27. The number of H-pyrrole nitrogens is 1. The predicted molar refractivity (Wildman–Crippen MR) is 103 cm³/mol. The molecule has 6 heteroatoms. The van der Waals surface area contributed by atoms with E-state index in [0.717, 1.165) is 39.4 Å². The minimum Gasteiger partial charge on any atom is -0.508 e. The normalized spacial score (nSPS) is 11.1. The summed E-state index contributed by atoms with van der Waals surface area (Å²) in [6.07, 6.45) is 7.30. The fraction of sp³-hybridized carbons (Fsp3) is 0. The highest BCUT2D eigenvalue weighted by atomic mass is 16.3. The lowest BCUT2D eigenvalue weighted by Gasteiger charge is -2.07. The molecule has 6 nitrogen and oxygen atoms in total. The Balaban J connectivity index is 1.62. The van der Waals surface area contributed by atoms with Gasteiger partial charge in [0.15, 0.2) is 5.65 Å². The van der Waals surface area contributed by atoms with Crippen LogP contribution >= 0.6 is 0 Å². The molecule has 27 heavy (non-hydrogen) atoms. The molecule has 0 bridgehead atoms. The molecular weight excluding hydrogens is 338 g/mol. The first-order valence-corrected chi connectivity index (χ1v) is 8.51. The van der Waals surface area contributed by atoms with Crippen molar-refractivity contribution in [3.8, 4) is 39.5 Å². The van der Waals surface area contributed by atoms with Crippen LogP contribution in [0.1, 0.15) is 0 Å². The maximum Gasteiger partial charge on any atom is 0.155 e. The summed E-state index contributed by atoms with van der Waals surface area (Å²) in [7, 11) is 0. The minimum absolute atomic E-state index is 0.241. The van der Waals surface area contributed by atoms with Gasteiger partial charge < -0.3 is 5.11 Å². The number of benzene rings is 2. The van der Waals surface area contributed by atoms with Crippen molar-refractivity contribution in [3.05, 3.63) is 79.4 Å². The first-order chi connectivity index (χ1) is 13.3. The van der Waals surface area contributed by atoms with Crippen LogP contribution in [0.25, 0.3) is 39.4 Å². The van der Waals surface area contributed by atoms with Crippen LogP contribution < -0.4 is 0 Å². The van der Waals surface area contributed by atoms with Gasteiger partial charge in [0.1, 0.15) is 5.75 Å². The quantitative estimate of drug-likeness (QED) is 0.510. The maximum atomic E-state index is 9.53. The second-order valence-electron chi connectivity index (χ2n) is 6.24. The number of phenols is 1. The van der Waals surface area contributed by atoms with Gasteiger partial charge in [0.2, 0.25) is 0 Å². The molecule has 0 atom stereocenters. The van der Waals surface area contributed by atoms with Crippen molar-refractivity contribution in [2.45, 2.75) is 0 Å². The van der Waals surface area contributed by atoms with Crippen LogP contribution in [-0.2, 0) is 0 Å². The van der Waals surface area contributed by atoms with Crippen molar-refractivity contribution >= 4 is 5.65 Å². The smallest absolute Gasteiger partial charge is 0.155 e. The maximum absolute atomic E-state index is 9.53. The highest BCUT2D eigenvalue weighted by molar-refractivity contribution is 5.71. The molecule has 0 amide bonds. The Morgan fingerprint density at radius 3 is 2.52 bits per heavy atom. The van der Waals surface area contributed by atoms with Gasteiger partial charge in [-0.05, 0) is 36.4 Å². The zero-order chi connectivity index (χ0) is 18.2. The third-order valence-electron chi connectivity index (χ3n) is 4.53. The molecule has 0 aliphatic heterocycles. The molecule has 130 valence electrons. The van der Waals surface area contributed by atoms with E-state index in [0.29, 0.717) is 0 Å². The lowest BCUT2D eigenvalue weighted by molar-refractivity contribution is 0.475. The fourth-order valence-corrected chi connectivity index (χ4v) is 3.15. The number of aromatic hydroxyl groups is 1. The van der Waals surface area contributed by atoms with Crippen LogP contribution in [-0.4, -0.2) is 29.7 Å². The molecule has 5 rings (SSSR count). The summed E-state index contributed by atoms with van der Waals surface area (Å²) in [6, 6.07) is 17.2. The number of rotatable bonds is 3. The van der Waals surface area contributed by atoms with E-state index >= 15 is 0 Å². The molecule has 0 saturated heterocycles. The van der Waals surface area contributed by atoms with Gasteiger partial charge in [0.05, 0.1) is 29.5 Å². The van der Waals surface area contributed by atoms with E-state index in [4.69, 9.17) is 0 Å². The van der Waals surface area contributed by atoms with Crippen molar-refractivity contribution in [1.82, 2.24) is 24.6 Å². The number of phenolic OH excluding ortho intramolecular Hbond substituents is 1. The van der Waals surface area contributed by atoms with Crippen molar-refractivity contribution in [3.63, 3.8) is 0 Å². The first-order valence-electron chi connectivity index (χ1n) is 8.51. The summed E-state index contributed by atoms with van der Waals surface area (Å²) in [5.74, 6) is 0.241. The van der Waals surface area contributed by atoms with Crippen LogP contribution in [0.15, 0.2) is 79.4 Å². The van der Waals surface area contributed by atoms with E-state index < -0.39 is 0 Å². The minimum atomic E-state index is 0.241. The van der Waals surface area contributed by atoms with Crippen LogP contribution in [0, 0.1) is 0 Å². The topological polar surface area (TPSA) is 79.1 Å². The molecule has 5 aromatic rings. The molecule has 3 heterocycles. The van der Waals surface area contributed by atoms with Crippen LogP contribution in [0.3, 0.4) is 0 Å². The van der Waals surface area contributed by atoms with Crippen LogP contribution in [0.4, 0.5) is 0 Å². The Bertz CT molecular complexity index is 1220. The highest BCUT2D eigenvalue weighted by Gasteiger charge is 2.09.